The highest BCUT2D eigenvalue weighted by Gasteiger charge is 2.16. The first-order valence-electron chi connectivity index (χ1n) is 9.17. The molecule has 0 aromatic heterocycles. The van der Waals surface area contributed by atoms with Gasteiger partial charge < -0.3 is 19.5 Å². The Bertz CT molecular complexity index is 930. The molecule has 0 saturated heterocycles. The zero-order chi connectivity index (χ0) is 22.1. The third-order valence-electron chi connectivity index (χ3n) is 4.06. The number of ether oxygens (including phenoxy) is 3. The molecule has 0 unspecified atom stereocenters. The number of rotatable bonds is 9. The van der Waals surface area contributed by atoms with Gasteiger partial charge >= 0.3 is 5.97 Å². The molecule has 6 nitrogen and oxygen atoms in total. The molecule has 8 heteroatoms. The lowest BCUT2D eigenvalue weighted by Crippen LogP contribution is -2.32. The third kappa shape index (κ3) is 6.58. The van der Waals surface area contributed by atoms with Crippen molar-refractivity contribution in [3.8, 4) is 11.5 Å². The van der Waals surface area contributed by atoms with Gasteiger partial charge in [0.05, 0.1) is 13.2 Å². The fraction of sp³-hybridized carbons (Fsp3) is 0.273. The number of nitrogens with one attached hydrogen (secondary N) is 1. The van der Waals surface area contributed by atoms with E-state index in [0.29, 0.717) is 11.5 Å². The van der Waals surface area contributed by atoms with Gasteiger partial charge in [-0.15, -0.1) is 0 Å². The second kappa shape index (κ2) is 10.9. The molecule has 0 bridgehead atoms. The summed E-state index contributed by atoms with van der Waals surface area (Å²) in [6, 6.07) is 7.55. The van der Waals surface area contributed by atoms with Crippen molar-refractivity contribution in [1.82, 2.24) is 5.32 Å². The Balaban J connectivity index is 1.82. The summed E-state index contributed by atoms with van der Waals surface area (Å²) in [5.41, 5.74) is 1.03. The number of benzene rings is 2. The topological polar surface area (TPSA) is 73.9 Å². The summed E-state index contributed by atoms with van der Waals surface area (Å²) in [6.45, 7) is 2.43. The van der Waals surface area contributed by atoms with Gasteiger partial charge in [-0.2, -0.15) is 0 Å². The lowest BCUT2D eigenvalue weighted by atomic mass is 10.1. The maximum absolute atomic E-state index is 13.7. The van der Waals surface area contributed by atoms with Crippen molar-refractivity contribution in [1.29, 1.82) is 0 Å². The van der Waals surface area contributed by atoms with Crippen molar-refractivity contribution in [3.05, 3.63) is 65.2 Å². The molecule has 0 aliphatic carbocycles. The van der Waals surface area contributed by atoms with Gasteiger partial charge in [0.2, 0.25) is 0 Å². The van der Waals surface area contributed by atoms with Crippen LogP contribution in [0.2, 0.25) is 0 Å². The number of halogens is 2. The first-order chi connectivity index (χ1) is 14.3. The van der Waals surface area contributed by atoms with Crippen LogP contribution < -0.4 is 14.8 Å². The van der Waals surface area contributed by atoms with Crippen LogP contribution in [0.15, 0.2) is 42.5 Å². The van der Waals surface area contributed by atoms with Crippen LogP contribution in [0.1, 0.15) is 31.0 Å². The Kier molecular flexibility index (Phi) is 8.34. The number of carbonyl (C=O) groups is 2. The number of methoxy groups -OCH3 is 1. The highest BCUT2D eigenvalue weighted by Crippen LogP contribution is 2.28. The monoisotopic (exact) mass is 419 g/mol. The maximum atomic E-state index is 13.7. The van der Waals surface area contributed by atoms with Crippen molar-refractivity contribution in [3.63, 3.8) is 0 Å². The molecule has 1 N–H and O–H groups in total. The maximum Gasteiger partial charge on any atom is 0.344 e. The van der Waals surface area contributed by atoms with Crippen molar-refractivity contribution in [2.24, 2.45) is 0 Å². The normalized spacial score (nSPS) is 11.8. The van der Waals surface area contributed by atoms with E-state index in [4.69, 9.17) is 14.2 Å². The molecule has 0 radical (unpaired) electrons. The molecule has 160 valence electrons. The molecule has 0 aliphatic rings. The summed E-state index contributed by atoms with van der Waals surface area (Å²) >= 11 is 0. The zero-order valence-electron chi connectivity index (χ0n) is 16.9. The molecule has 0 spiro atoms. The first kappa shape index (κ1) is 22.9. The lowest BCUT2D eigenvalue weighted by Gasteiger charge is -2.15. The molecule has 0 fully saturated rings. The number of esters is 1. The lowest BCUT2D eigenvalue weighted by molar-refractivity contribution is -0.150. The number of hydrogen-bond acceptors (Lipinski definition) is 5. The summed E-state index contributed by atoms with van der Waals surface area (Å²) < 4.78 is 42.2. The van der Waals surface area contributed by atoms with E-state index in [1.165, 1.54) is 20.1 Å². The van der Waals surface area contributed by atoms with Crippen LogP contribution in [0.25, 0.3) is 6.08 Å². The van der Waals surface area contributed by atoms with Crippen LogP contribution in [0.4, 0.5) is 8.78 Å². The van der Waals surface area contributed by atoms with E-state index in [9.17, 15) is 18.4 Å². The van der Waals surface area contributed by atoms with E-state index < -0.39 is 42.8 Å². The Hall–Kier alpha value is -3.42. The highest BCUT2D eigenvalue weighted by molar-refractivity contribution is 5.81. The van der Waals surface area contributed by atoms with Crippen molar-refractivity contribution in [2.75, 3.05) is 20.3 Å². The quantitative estimate of drug-likeness (QED) is 0.626. The molecular formula is C22H23F2NO5. The van der Waals surface area contributed by atoms with Crippen molar-refractivity contribution in [2.45, 2.75) is 19.9 Å². The van der Waals surface area contributed by atoms with E-state index >= 15 is 0 Å². The van der Waals surface area contributed by atoms with Gasteiger partial charge in [-0.3, -0.25) is 4.79 Å². The van der Waals surface area contributed by atoms with Gasteiger partial charge in [0.25, 0.3) is 5.91 Å². The minimum Gasteiger partial charge on any atom is -0.493 e. The Labute approximate surface area is 173 Å². The molecule has 0 heterocycles. The highest BCUT2D eigenvalue weighted by atomic mass is 19.1. The summed E-state index contributed by atoms with van der Waals surface area (Å²) in [6.07, 6.45) is 3.76. The third-order valence-corrected chi connectivity index (χ3v) is 4.06. The molecule has 2 aromatic carbocycles. The first-order valence-corrected chi connectivity index (χ1v) is 9.17. The van der Waals surface area contributed by atoms with Crippen LogP contribution in [0.3, 0.4) is 0 Å². The zero-order valence-corrected chi connectivity index (χ0v) is 16.9. The van der Waals surface area contributed by atoms with E-state index in [0.717, 1.165) is 17.7 Å². The number of carbonyl (C=O) groups excluding carboxylic acids is 2. The van der Waals surface area contributed by atoms with Gasteiger partial charge in [0.1, 0.15) is 11.6 Å². The summed E-state index contributed by atoms with van der Waals surface area (Å²) in [5, 5.41) is 2.48. The number of amides is 1. The summed E-state index contributed by atoms with van der Waals surface area (Å²) in [5.74, 6) is -2.07. The predicted molar refractivity (Wildman–Crippen MR) is 107 cm³/mol. The van der Waals surface area contributed by atoms with E-state index in [-0.39, 0.29) is 5.56 Å². The average molecular weight is 419 g/mol. The van der Waals surface area contributed by atoms with Crippen molar-refractivity contribution < 1.29 is 32.6 Å². The second-order valence-electron chi connectivity index (χ2n) is 6.31. The Morgan fingerprint density at radius 1 is 1.10 bits per heavy atom. The fourth-order valence-corrected chi connectivity index (χ4v) is 2.64. The molecule has 0 aliphatic heterocycles. The van der Waals surface area contributed by atoms with Gasteiger partial charge in [0.15, 0.2) is 24.7 Å². The van der Waals surface area contributed by atoms with Crippen LogP contribution in [-0.2, 0) is 14.3 Å². The van der Waals surface area contributed by atoms with Crippen molar-refractivity contribution >= 4 is 18.0 Å². The van der Waals surface area contributed by atoms with Gasteiger partial charge in [0, 0.05) is 11.6 Å². The molecular weight excluding hydrogens is 396 g/mol. The molecule has 0 saturated carbocycles. The van der Waals surface area contributed by atoms with Gasteiger partial charge in [-0.1, -0.05) is 24.3 Å². The average Bonchev–Trinajstić information content (AvgIpc) is 2.71. The second-order valence-corrected chi connectivity index (χ2v) is 6.31. The minimum atomic E-state index is -0.775. The number of allylic oxidation sites excluding steroid dienone is 1. The van der Waals surface area contributed by atoms with Crippen LogP contribution in [0, 0.1) is 11.6 Å². The van der Waals surface area contributed by atoms with Crippen LogP contribution >= 0.6 is 0 Å². The van der Waals surface area contributed by atoms with E-state index in [2.05, 4.69) is 5.32 Å². The van der Waals surface area contributed by atoms with Gasteiger partial charge in [-0.05, 0) is 37.6 Å². The van der Waals surface area contributed by atoms with E-state index in [1.807, 2.05) is 19.1 Å². The predicted octanol–water partition coefficient (Wildman–Crippen LogP) is 3.81. The molecule has 30 heavy (non-hydrogen) atoms. The Morgan fingerprint density at radius 3 is 2.53 bits per heavy atom. The summed E-state index contributed by atoms with van der Waals surface area (Å²) in [4.78, 5) is 23.8. The van der Waals surface area contributed by atoms with Crippen LogP contribution in [-0.4, -0.2) is 32.2 Å². The molecule has 1 amide bonds. The minimum absolute atomic E-state index is 0.118. The molecule has 1 atom stereocenters. The standard InChI is InChI=1S/C22H23F2NO5/c1-4-5-15-6-9-19(20(10-15)28-3)29-13-22(27)30-12-21(26)25-14(2)17-8-7-16(23)11-18(17)24/h4-11,14H,12-13H2,1-3H3,(H,25,26)/b5-4+/t14-/m0/s1. The summed E-state index contributed by atoms with van der Waals surface area (Å²) in [7, 11) is 1.48. The molecule has 2 rings (SSSR count). The SMILES string of the molecule is C/C=C/c1ccc(OCC(=O)OCC(=O)N[C@@H](C)c2ccc(F)cc2F)c(OC)c1. The largest absolute Gasteiger partial charge is 0.493 e. The van der Waals surface area contributed by atoms with Gasteiger partial charge in [-0.25, -0.2) is 13.6 Å². The van der Waals surface area contributed by atoms with Crippen LogP contribution in [0.5, 0.6) is 11.5 Å². The fourth-order valence-electron chi connectivity index (χ4n) is 2.64. The van der Waals surface area contributed by atoms with E-state index in [1.54, 1.807) is 18.2 Å². The molecule has 2 aromatic rings. The number of hydrogen-bond donors (Lipinski definition) is 1. The Morgan fingerprint density at radius 2 is 1.87 bits per heavy atom. The smallest absolute Gasteiger partial charge is 0.344 e.